The second kappa shape index (κ2) is 8.39. The number of benzene rings is 1. The molecule has 0 atom stereocenters. The first-order chi connectivity index (χ1) is 13.9. The van der Waals surface area contributed by atoms with Gasteiger partial charge in [0.2, 0.25) is 11.5 Å². The van der Waals surface area contributed by atoms with Crippen molar-refractivity contribution in [3.63, 3.8) is 0 Å². The van der Waals surface area contributed by atoms with E-state index in [9.17, 15) is 23.2 Å². The fraction of sp³-hybridized carbons (Fsp3) is 0.235. The molecular weight excluding hydrogens is 417 g/mol. The molecule has 3 aromatic rings. The van der Waals surface area contributed by atoms with Crippen molar-refractivity contribution in [2.75, 3.05) is 6.61 Å². The maximum atomic E-state index is 12.9. The number of esters is 1. The Bertz CT molecular complexity index is 1130. The number of aromatic amines is 1. The Morgan fingerprint density at radius 2 is 1.90 bits per heavy atom. The van der Waals surface area contributed by atoms with Crippen LogP contribution in [0.15, 0.2) is 16.9 Å². The second-order valence-electron chi connectivity index (χ2n) is 5.76. The lowest BCUT2D eigenvalue weighted by molar-refractivity contribution is -0.0561. The monoisotopic (exact) mass is 430 g/mol. The highest BCUT2D eigenvalue weighted by atomic mass is 32.1. The van der Waals surface area contributed by atoms with Gasteiger partial charge in [0.05, 0.1) is 12.0 Å². The molecule has 0 saturated heterocycles. The predicted molar refractivity (Wildman–Crippen MR) is 95.4 cm³/mol. The van der Waals surface area contributed by atoms with E-state index in [2.05, 4.69) is 24.8 Å². The number of nitrogens with one attached hydrogen (secondary N) is 1. The number of fused-ring (bicyclic) bond motifs is 1. The molecule has 0 saturated carbocycles. The number of nitrogens with zero attached hydrogens (tertiary/aromatic N) is 1. The summed E-state index contributed by atoms with van der Waals surface area (Å²) in [5.74, 6) is -2.98. The van der Waals surface area contributed by atoms with Crippen molar-refractivity contribution in [1.82, 2.24) is 9.97 Å². The van der Waals surface area contributed by atoms with E-state index in [-0.39, 0.29) is 39.5 Å². The van der Waals surface area contributed by atoms with Crippen LogP contribution in [-0.2, 0) is 11.2 Å². The van der Waals surface area contributed by atoms with Crippen molar-refractivity contribution in [2.24, 2.45) is 0 Å². The molecule has 0 amide bonds. The summed E-state index contributed by atoms with van der Waals surface area (Å²) in [5, 5.41) is 0.220. The molecule has 0 fully saturated rings. The fourth-order valence-electron chi connectivity index (χ4n) is 2.79. The van der Waals surface area contributed by atoms with Crippen LogP contribution in [0.2, 0.25) is 0 Å². The van der Waals surface area contributed by atoms with Crippen LogP contribution in [0.4, 0.5) is 13.6 Å². The first-order valence-electron chi connectivity index (χ1n) is 8.16. The Morgan fingerprint density at radius 1 is 1.17 bits per heavy atom. The Morgan fingerprint density at radius 3 is 2.52 bits per heavy atom. The van der Waals surface area contributed by atoms with Gasteiger partial charge in [0.15, 0.2) is 0 Å². The van der Waals surface area contributed by atoms with Crippen molar-refractivity contribution >= 4 is 27.5 Å². The zero-order valence-corrected chi connectivity index (χ0v) is 15.8. The molecule has 1 N–H and O–H groups in total. The Hall–Kier alpha value is -3.28. The molecule has 2 heterocycles. The lowest BCUT2D eigenvalue weighted by atomic mass is 10.1. The first-order valence-corrected chi connectivity index (χ1v) is 8.97. The van der Waals surface area contributed by atoms with Crippen molar-refractivity contribution in [3.05, 3.63) is 44.3 Å². The third kappa shape index (κ3) is 3.70. The number of halogens is 3. The van der Waals surface area contributed by atoms with Crippen molar-refractivity contribution in [2.45, 2.75) is 20.3 Å². The van der Waals surface area contributed by atoms with Gasteiger partial charge in [-0.25, -0.2) is 9.78 Å². The van der Waals surface area contributed by atoms with Gasteiger partial charge in [-0.2, -0.15) is 0 Å². The van der Waals surface area contributed by atoms with Gasteiger partial charge in [0.1, 0.15) is 15.5 Å². The molecule has 8 nitrogen and oxygen atoms in total. The molecule has 0 radical (unpaired) electrons. The van der Waals surface area contributed by atoms with Crippen LogP contribution < -0.4 is 20.4 Å². The fourth-order valence-corrected chi connectivity index (χ4v) is 3.88. The Balaban J connectivity index is 2.06. The van der Waals surface area contributed by atoms with Gasteiger partial charge in [-0.05, 0) is 25.5 Å². The quantitative estimate of drug-likeness (QED) is 0.569. The van der Waals surface area contributed by atoms with Crippen LogP contribution in [0.25, 0.3) is 10.2 Å². The van der Waals surface area contributed by atoms with Crippen LogP contribution in [0.5, 0.6) is 17.2 Å². The van der Waals surface area contributed by atoms with Crippen LogP contribution in [-0.4, -0.2) is 22.5 Å². The molecule has 0 aliphatic rings. The zero-order valence-electron chi connectivity index (χ0n) is 15.0. The Kier molecular flexibility index (Phi) is 5.92. The SMILES string of the molecule is CCOC(=O)c1sc2nc(Cc3ccc(OF)c(OF)c3OF)[nH]c(=O)c2c1C. The van der Waals surface area contributed by atoms with E-state index in [1.54, 1.807) is 13.8 Å². The molecule has 1 aromatic carbocycles. The standard InChI is InChI=1S/C17H13F3N2O6S/c1-3-25-17(24)14-7(2)11-15(23)21-10(22-16(11)29-14)6-8-4-5-9(26-18)13(28-20)12(8)27-19/h4-5H,3,6H2,1-2H3,(H,21,22,23). The van der Waals surface area contributed by atoms with E-state index in [0.29, 0.717) is 5.56 Å². The number of carbonyl (C=O) groups excluding carboxylic acids is 1. The highest BCUT2D eigenvalue weighted by Gasteiger charge is 2.23. The second-order valence-corrected chi connectivity index (χ2v) is 6.76. The number of rotatable bonds is 7. The molecule has 3 rings (SSSR count). The number of hydrogen-bond donors (Lipinski definition) is 1. The summed E-state index contributed by atoms with van der Waals surface area (Å²) in [6, 6.07) is 2.16. The predicted octanol–water partition coefficient (Wildman–Crippen LogP) is 3.85. The van der Waals surface area contributed by atoms with Gasteiger partial charge in [-0.3, -0.25) is 19.6 Å². The van der Waals surface area contributed by atoms with E-state index in [1.807, 2.05) is 0 Å². The largest absolute Gasteiger partial charge is 0.462 e. The van der Waals surface area contributed by atoms with Crippen molar-refractivity contribution in [3.8, 4) is 17.2 Å². The third-order valence-electron chi connectivity index (χ3n) is 4.06. The average molecular weight is 430 g/mol. The number of aromatic nitrogens is 2. The van der Waals surface area contributed by atoms with E-state index < -0.39 is 28.8 Å². The summed E-state index contributed by atoms with van der Waals surface area (Å²) in [6.07, 6.45) is -0.223. The summed E-state index contributed by atoms with van der Waals surface area (Å²) < 4.78 is 43.0. The molecule has 0 aliphatic carbocycles. The van der Waals surface area contributed by atoms with Gasteiger partial charge in [-0.15, -0.1) is 11.3 Å². The number of thiophene rings is 1. The van der Waals surface area contributed by atoms with Crippen molar-refractivity contribution in [1.29, 1.82) is 0 Å². The lowest BCUT2D eigenvalue weighted by Crippen LogP contribution is -2.12. The molecule has 0 unspecified atom stereocenters. The summed E-state index contributed by atoms with van der Waals surface area (Å²) in [6.45, 7) is 3.42. The lowest BCUT2D eigenvalue weighted by Gasteiger charge is -2.09. The molecular formula is C17H13F3N2O6S. The zero-order chi connectivity index (χ0) is 21.1. The van der Waals surface area contributed by atoms with E-state index in [0.717, 1.165) is 17.4 Å². The minimum Gasteiger partial charge on any atom is -0.462 e. The van der Waals surface area contributed by atoms with Crippen LogP contribution in [0, 0.1) is 6.92 Å². The maximum absolute atomic E-state index is 12.9. The smallest absolute Gasteiger partial charge is 0.348 e. The van der Waals surface area contributed by atoms with Gasteiger partial charge >= 0.3 is 5.97 Å². The number of ether oxygens (including phenoxy) is 1. The highest BCUT2D eigenvalue weighted by Crippen LogP contribution is 2.41. The minimum absolute atomic E-state index is 0.0117. The van der Waals surface area contributed by atoms with E-state index >= 15 is 0 Å². The topological polar surface area (TPSA) is 99.7 Å². The number of aryl methyl sites for hydroxylation is 1. The third-order valence-corrected chi connectivity index (χ3v) is 5.23. The normalized spacial score (nSPS) is 10.8. The Labute approximate surface area is 164 Å². The maximum Gasteiger partial charge on any atom is 0.348 e. The molecule has 12 heteroatoms. The molecule has 2 aromatic heterocycles. The van der Waals surface area contributed by atoms with E-state index in [1.165, 1.54) is 6.07 Å². The summed E-state index contributed by atoms with van der Waals surface area (Å²) >= 11 is 0.969. The first kappa shape index (κ1) is 20.5. The van der Waals surface area contributed by atoms with Gasteiger partial charge < -0.3 is 9.72 Å². The highest BCUT2D eigenvalue weighted by molar-refractivity contribution is 7.20. The summed E-state index contributed by atoms with van der Waals surface area (Å²) in [4.78, 5) is 42.2. The molecule has 0 aliphatic heterocycles. The number of H-pyrrole nitrogens is 1. The summed E-state index contributed by atoms with van der Waals surface area (Å²) in [7, 11) is 0. The van der Waals surface area contributed by atoms with E-state index in [4.69, 9.17) is 4.74 Å². The van der Waals surface area contributed by atoms with Crippen LogP contribution in [0.1, 0.15) is 33.5 Å². The number of hydrogen-bond acceptors (Lipinski definition) is 8. The van der Waals surface area contributed by atoms with Gasteiger partial charge in [0.25, 0.3) is 11.3 Å². The molecule has 29 heavy (non-hydrogen) atoms. The minimum atomic E-state index is -0.951. The molecule has 0 spiro atoms. The summed E-state index contributed by atoms with van der Waals surface area (Å²) in [5.41, 5.74) is -0.112. The van der Waals surface area contributed by atoms with Gasteiger partial charge in [0, 0.05) is 25.6 Å². The molecule has 154 valence electrons. The van der Waals surface area contributed by atoms with Gasteiger partial charge in [-0.1, -0.05) is 6.07 Å². The number of carbonyl (C=O) groups is 1. The van der Waals surface area contributed by atoms with Crippen LogP contribution in [0.3, 0.4) is 0 Å². The van der Waals surface area contributed by atoms with Crippen LogP contribution >= 0.6 is 11.3 Å². The average Bonchev–Trinajstić information content (AvgIpc) is 3.04. The molecule has 0 bridgehead atoms. The van der Waals surface area contributed by atoms with Crippen molar-refractivity contribution < 1.29 is 37.9 Å².